The molecule has 0 saturated carbocycles. The van der Waals surface area contributed by atoms with Crippen LogP contribution in [-0.2, 0) is 13.0 Å². The van der Waals surface area contributed by atoms with E-state index in [2.05, 4.69) is 16.7 Å². The maximum Gasteiger partial charge on any atom is 0.255 e. The maximum absolute atomic E-state index is 12.5. The van der Waals surface area contributed by atoms with Crippen LogP contribution in [0.15, 0.2) is 36.4 Å². The molecule has 1 heterocycles. The second-order valence-corrected chi connectivity index (χ2v) is 5.64. The SMILES string of the molecule is Cc1ccc(C(=O)Nc2cccc3c2CCNC3)c(C)c1. The lowest BCUT2D eigenvalue weighted by molar-refractivity contribution is 0.102. The molecule has 2 N–H and O–H groups in total. The highest BCUT2D eigenvalue weighted by molar-refractivity contribution is 6.05. The summed E-state index contributed by atoms with van der Waals surface area (Å²) in [5, 5.41) is 6.44. The van der Waals surface area contributed by atoms with Gasteiger partial charge in [0.25, 0.3) is 5.91 Å². The molecule has 0 spiro atoms. The van der Waals surface area contributed by atoms with E-state index in [9.17, 15) is 4.79 Å². The Labute approximate surface area is 125 Å². The third-order valence-electron chi connectivity index (χ3n) is 4.02. The van der Waals surface area contributed by atoms with Gasteiger partial charge < -0.3 is 10.6 Å². The minimum absolute atomic E-state index is 0.0283. The van der Waals surface area contributed by atoms with Gasteiger partial charge in [0.15, 0.2) is 0 Å². The monoisotopic (exact) mass is 280 g/mol. The Morgan fingerprint density at radius 3 is 2.86 bits per heavy atom. The van der Waals surface area contributed by atoms with Crippen LogP contribution in [0.5, 0.6) is 0 Å². The van der Waals surface area contributed by atoms with Gasteiger partial charge in [0.1, 0.15) is 0 Å². The molecule has 21 heavy (non-hydrogen) atoms. The first kappa shape index (κ1) is 13.8. The summed E-state index contributed by atoms with van der Waals surface area (Å²) in [7, 11) is 0. The summed E-state index contributed by atoms with van der Waals surface area (Å²) in [6.07, 6.45) is 0.957. The fraction of sp³-hybridized carbons (Fsp3) is 0.278. The fourth-order valence-electron chi connectivity index (χ4n) is 2.91. The van der Waals surface area contributed by atoms with Crippen LogP contribution in [0.2, 0.25) is 0 Å². The van der Waals surface area contributed by atoms with E-state index >= 15 is 0 Å². The molecule has 3 rings (SSSR count). The topological polar surface area (TPSA) is 41.1 Å². The molecule has 3 nitrogen and oxygen atoms in total. The second-order valence-electron chi connectivity index (χ2n) is 5.64. The number of benzene rings is 2. The Balaban J connectivity index is 1.88. The summed E-state index contributed by atoms with van der Waals surface area (Å²) in [5.41, 5.74) is 6.41. The quantitative estimate of drug-likeness (QED) is 0.887. The number of hydrogen-bond donors (Lipinski definition) is 2. The van der Waals surface area contributed by atoms with E-state index in [-0.39, 0.29) is 5.91 Å². The Kier molecular flexibility index (Phi) is 3.76. The van der Waals surface area contributed by atoms with Crippen molar-refractivity contribution in [2.24, 2.45) is 0 Å². The van der Waals surface area contributed by atoms with Gasteiger partial charge in [-0.25, -0.2) is 0 Å². The van der Waals surface area contributed by atoms with Gasteiger partial charge >= 0.3 is 0 Å². The normalized spacial score (nSPS) is 13.6. The molecular formula is C18H20N2O. The van der Waals surface area contributed by atoms with Crippen molar-refractivity contribution in [2.45, 2.75) is 26.8 Å². The summed E-state index contributed by atoms with van der Waals surface area (Å²) in [5.74, 6) is -0.0283. The van der Waals surface area contributed by atoms with E-state index in [1.54, 1.807) is 0 Å². The number of anilines is 1. The number of carbonyl (C=O) groups is 1. The zero-order valence-corrected chi connectivity index (χ0v) is 12.5. The summed E-state index contributed by atoms with van der Waals surface area (Å²) in [4.78, 5) is 12.5. The summed E-state index contributed by atoms with van der Waals surface area (Å²) in [6, 6.07) is 12.0. The molecule has 0 saturated heterocycles. The number of amides is 1. The molecule has 1 aliphatic rings. The molecule has 0 fully saturated rings. The first-order valence-corrected chi connectivity index (χ1v) is 7.35. The van der Waals surface area contributed by atoms with Gasteiger partial charge in [0.2, 0.25) is 0 Å². The van der Waals surface area contributed by atoms with Crippen molar-refractivity contribution in [1.29, 1.82) is 0 Å². The maximum atomic E-state index is 12.5. The minimum atomic E-state index is -0.0283. The highest BCUT2D eigenvalue weighted by Crippen LogP contribution is 2.24. The average Bonchev–Trinajstić information content (AvgIpc) is 2.47. The van der Waals surface area contributed by atoms with Gasteiger partial charge in [-0.05, 0) is 55.6 Å². The predicted molar refractivity (Wildman–Crippen MR) is 85.7 cm³/mol. The molecule has 0 atom stereocenters. The number of fused-ring (bicyclic) bond motifs is 1. The molecule has 0 aliphatic carbocycles. The van der Waals surface area contributed by atoms with Gasteiger partial charge in [-0.1, -0.05) is 29.8 Å². The molecule has 0 radical (unpaired) electrons. The number of carbonyl (C=O) groups excluding carboxylic acids is 1. The van der Waals surface area contributed by atoms with Crippen LogP contribution in [0.3, 0.4) is 0 Å². The van der Waals surface area contributed by atoms with Gasteiger partial charge in [0, 0.05) is 17.8 Å². The molecule has 0 aromatic heterocycles. The largest absolute Gasteiger partial charge is 0.322 e. The molecule has 108 valence electrons. The van der Waals surface area contributed by atoms with E-state index < -0.39 is 0 Å². The zero-order chi connectivity index (χ0) is 14.8. The van der Waals surface area contributed by atoms with Gasteiger partial charge in [-0.15, -0.1) is 0 Å². The van der Waals surface area contributed by atoms with Crippen molar-refractivity contribution in [3.63, 3.8) is 0 Å². The van der Waals surface area contributed by atoms with Crippen LogP contribution >= 0.6 is 0 Å². The number of nitrogens with one attached hydrogen (secondary N) is 2. The summed E-state index contributed by atoms with van der Waals surface area (Å²) >= 11 is 0. The molecule has 2 aromatic rings. The van der Waals surface area contributed by atoms with Crippen molar-refractivity contribution >= 4 is 11.6 Å². The summed E-state index contributed by atoms with van der Waals surface area (Å²) in [6.45, 7) is 5.85. The van der Waals surface area contributed by atoms with Crippen molar-refractivity contribution in [3.05, 3.63) is 64.2 Å². The van der Waals surface area contributed by atoms with Crippen molar-refractivity contribution in [2.75, 3.05) is 11.9 Å². The number of hydrogen-bond acceptors (Lipinski definition) is 2. The van der Waals surface area contributed by atoms with E-state index in [1.165, 1.54) is 16.7 Å². The second kappa shape index (κ2) is 5.70. The van der Waals surface area contributed by atoms with Crippen molar-refractivity contribution in [3.8, 4) is 0 Å². The van der Waals surface area contributed by atoms with E-state index in [0.717, 1.165) is 36.3 Å². The molecule has 3 heteroatoms. The number of aryl methyl sites for hydroxylation is 2. The lowest BCUT2D eigenvalue weighted by atomic mass is 9.98. The first-order valence-electron chi connectivity index (χ1n) is 7.35. The molecule has 0 bridgehead atoms. The van der Waals surface area contributed by atoms with Crippen molar-refractivity contribution < 1.29 is 4.79 Å². The van der Waals surface area contributed by atoms with Crippen LogP contribution in [0.25, 0.3) is 0 Å². The van der Waals surface area contributed by atoms with E-state index in [1.807, 2.05) is 44.2 Å². The van der Waals surface area contributed by atoms with Crippen LogP contribution in [-0.4, -0.2) is 12.5 Å². The van der Waals surface area contributed by atoms with Gasteiger partial charge in [-0.3, -0.25) is 4.79 Å². The van der Waals surface area contributed by atoms with Crippen molar-refractivity contribution in [1.82, 2.24) is 5.32 Å². The fourth-order valence-corrected chi connectivity index (χ4v) is 2.91. The molecule has 0 unspecified atom stereocenters. The Hall–Kier alpha value is -2.13. The number of rotatable bonds is 2. The molecule has 2 aromatic carbocycles. The smallest absolute Gasteiger partial charge is 0.255 e. The molecular weight excluding hydrogens is 260 g/mol. The van der Waals surface area contributed by atoms with Crippen LogP contribution < -0.4 is 10.6 Å². The van der Waals surface area contributed by atoms with Crippen LogP contribution in [0, 0.1) is 13.8 Å². The Morgan fingerprint density at radius 1 is 1.19 bits per heavy atom. The zero-order valence-electron chi connectivity index (χ0n) is 12.5. The highest BCUT2D eigenvalue weighted by Gasteiger charge is 2.15. The molecule has 1 aliphatic heterocycles. The van der Waals surface area contributed by atoms with E-state index in [0.29, 0.717) is 0 Å². The standard InChI is InChI=1S/C18H20N2O/c1-12-6-7-15(13(2)10-12)18(21)20-17-5-3-4-14-11-19-9-8-16(14)17/h3-7,10,19H,8-9,11H2,1-2H3,(H,20,21). The Bertz CT molecular complexity index is 692. The van der Waals surface area contributed by atoms with Crippen LogP contribution in [0.4, 0.5) is 5.69 Å². The predicted octanol–water partition coefficient (Wildman–Crippen LogP) is 3.20. The third-order valence-corrected chi connectivity index (χ3v) is 4.02. The third kappa shape index (κ3) is 2.83. The molecule has 1 amide bonds. The minimum Gasteiger partial charge on any atom is -0.322 e. The van der Waals surface area contributed by atoms with E-state index in [4.69, 9.17) is 0 Å². The lowest BCUT2D eigenvalue weighted by Gasteiger charge is -2.20. The van der Waals surface area contributed by atoms with Gasteiger partial charge in [0.05, 0.1) is 0 Å². The van der Waals surface area contributed by atoms with Crippen LogP contribution in [0.1, 0.15) is 32.6 Å². The van der Waals surface area contributed by atoms with Gasteiger partial charge in [-0.2, -0.15) is 0 Å². The highest BCUT2D eigenvalue weighted by atomic mass is 16.1. The Morgan fingerprint density at radius 2 is 2.05 bits per heavy atom. The first-order chi connectivity index (χ1) is 10.1. The summed E-state index contributed by atoms with van der Waals surface area (Å²) < 4.78 is 0. The average molecular weight is 280 g/mol. The lowest BCUT2D eigenvalue weighted by Crippen LogP contribution is -2.25.